The summed E-state index contributed by atoms with van der Waals surface area (Å²) >= 11 is 3.26. The van der Waals surface area contributed by atoms with Crippen molar-refractivity contribution in [2.75, 3.05) is 14.0 Å². The molecule has 0 saturated heterocycles. The van der Waals surface area contributed by atoms with Crippen molar-refractivity contribution in [2.45, 2.75) is 95.6 Å². The molecule has 0 aromatic heterocycles. The number of unbranched alkanes of at least 4 members (excludes halogenated alkanes) is 5. The second-order valence-corrected chi connectivity index (χ2v) is 28.6. The summed E-state index contributed by atoms with van der Waals surface area (Å²) in [5.74, 6) is 0. The third kappa shape index (κ3) is 11.5. The second-order valence-electron chi connectivity index (χ2n) is 16.1. The van der Waals surface area contributed by atoms with Crippen LogP contribution in [0.3, 0.4) is 0 Å². The fourth-order valence-corrected chi connectivity index (χ4v) is 18.4. The third-order valence-electron chi connectivity index (χ3n) is 10.9. The Morgan fingerprint density at radius 3 is 0.884 bits per heavy atom. The maximum atomic E-state index is 14.8. The van der Waals surface area contributed by atoms with E-state index in [2.05, 4.69) is 15.9 Å². The van der Waals surface area contributed by atoms with Crippen LogP contribution in [0.5, 0.6) is 0 Å². The summed E-state index contributed by atoms with van der Waals surface area (Å²) < 4.78 is 174. The zero-order chi connectivity index (χ0) is 50.6. The monoisotopic (exact) mass is 1120 g/mol. The highest BCUT2D eigenvalue weighted by Crippen LogP contribution is 2.36. The number of sulfonamides is 6. The summed E-state index contributed by atoms with van der Waals surface area (Å²) in [4.78, 5) is -2.87. The van der Waals surface area contributed by atoms with Gasteiger partial charge in [0.1, 0.15) is 0 Å². The van der Waals surface area contributed by atoms with Crippen molar-refractivity contribution in [1.82, 2.24) is 3.71 Å². The lowest BCUT2D eigenvalue weighted by molar-refractivity contribution is 0.479. The Morgan fingerprint density at radius 2 is 0.580 bits per heavy atom. The van der Waals surface area contributed by atoms with Gasteiger partial charge in [0.05, 0.1) is 40.7 Å². The predicted octanol–water partition coefficient (Wildman–Crippen LogP) is 9.28. The maximum Gasteiger partial charge on any atom is 0.277 e. The molecular weight excluding hydrogens is 1070 g/mol. The van der Waals surface area contributed by atoms with Crippen molar-refractivity contribution < 1.29 is 50.5 Å². The normalized spacial score (nSPS) is 12.8. The zero-order valence-electron chi connectivity index (χ0n) is 37.9. The molecule has 0 atom stereocenters. The minimum Gasteiger partial charge on any atom is -0.206 e. The van der Waals surface area contributed by atoms with E-state index < -0.39 is 103 Å². The molecule has 0 radical (unpaired) electrons. The Morgan fingerprint density at radius 1 is 0.333 bits per heavy atom. The van der Waals surface area contributed by atoms with Gasteiger partial charge in [0.25, 0.3) is 60.1 Å². The van der Waals surface area contributed by atoms with E-state index in [0.29, 0.717) is 31.3 Å². The first-order valence-electron chi connectivity index (χ1n) is 21.4. The van der Waals surface area contributed by atoms with E-state index in [1.807, 2.05) is 6.92 Å². The topological polar surface area (TPSA) is 215 Å². The first-order valence-corrected chi connectivity index (χ1v) is 30.8. The number of nitrogens with zero attached hydrogens (tertiary/aromatic N) is 3. The van der Waals surface area contributed by atoms with Crippen LogP contribution in [0, 0.1) is 20.8 Å². The fraction of sp³-hybridized carbons (Fsp3) is 0.234. The molecular formula is C47H50BrN3O12S6. The third-order valence-corrected chi connectivity index (χ3v) is 24.2. The van der Waals surface area contributed by atoms with Gasteiger partial charge in [0.2, 0.25) is 0 Å². The highest BCUT2D eigenvalue weighted by molar-refractivity contribution is 9.10. The lowest BCUT2D eigenvalue weighted by Gasteiger charge is -2.26. The number of hydrogen-bond acceptors (Lipinski definition) is 12. The van der Waals surface area contributed by atoms with Crippen LogP contribution >= 0.6 is 15.9 Å². The SMILES string of the molecule is CCCCCCCCN(S(=O)(=O)c1ccc(Br)cc1)S(=O)(=O)c1ccc(N(S(=O)(=O)c2ccc(C)cc2)S(=O)(=O)c2ccc(N(S(=O)(=O)c3ccc(C)cc3)S(=O)(=O)c3ccc(C)cc3)cc2)cc1. The molecule has 0 unspecified atom stereocenters. The van der Waals surface area contributed by atoms with Crippen LogP contribution in [0.25, 0.3) is 0 Å². The number of halogens is 1. The Balaban J connectivity index is 1.45. The van der Waals surface area contributed by atoms with Crippen LogP contribution in [0.1, 0.15) is 62.1 Å². The van der Waals surface area contributed by atoms with Crippen molar-refractivity contribution in [3.63, 3.8) is 0 Å². The molecule has 0 fully saturated rings. The molecule has 0 heterocycles. The first-order chi connectivity index (χ1) is 32.4. The van der Waals surface area contributed by atoms with Gasteiger partial charge in [-0.25, -0.2) is 50.5 Å². The van der Waals surface area contributed by atoms with E-state index in [1.165, 1.54) is 97.1 Å². The van der Waals surface area contributed by atoms with Crippen LogP contribution in [0.15, 0.2) is 179 Å². The molecule has 368 valence electrons. The van der Waals surface area contributed by atoms with Gasteiger partial charge < -0.3 is 0 Å². The average molecular weight is 1120 g/mol. The molecule has 0 aliphatic rings. The molecule has 6 aromatic carbocycles. The summed E-state index contributed by atoms with van der Waals surface area (Å²) in [7, 11) is -29.8. The van der Waals surface area contributed by atoms with Crippen molar-refractivity contribution in [2.24, 2.45) is 0 Å². The maximum absolute atomic E-state index is 14.8. The molecule has 0 saturated carbocycles. The smallest absolute Gasteiger partial charge is 0.206 e. The van der Waals surface area contributed by atoms with Crippen LogP contribution in [-0.2, 0) is 60.1 Å². The summed E-state index contributed by atoms with van der Waals surface area (Å²) in [5, 5.41) is 0. The first kappa shape index (κ1) is 53.4. The molecule has 0 amide bonds. The fourth-order valence-electron chi connectivity index (χ4n) is 7.04. The van der Waals surface area contributed by atoms with Gasteiger partial charge in [-0.05, 0) is 136 Å². The van der Waals surface area contributed by atoms with E-state index in [4.69, 9.17) is 0 Å². The van der Waals surface area contributed by atoms with E-state index >= 15 is 0 Å². The van der Waals surface area contributed by atoms with Crippen molar-refractivity contribution in [3.8, 4) is 0 Å². The van der Waals surface area contributed by atoms with Gasteiger partial charge in [-0.3, -0.25) is 0 Å². The van der Waals surface area contributed by atoms with Crippen LogP contribution < -0.4 is 7.42 Å². The number of anilines is 2. The Hall–Kier alpha value is -4.94. The molecule has 6 aromatic rings. The predicted molar refractivity (Wildman–Crippen MR) is 269 cm³/mol. The Kier molecular flexibility index (Phi) is 16.4. The van der Waals surface area contributed by atoms with Gasteiger partial charge in [-0.15, -0.1) is 0 Å². The summed E-state index contributed by atoms with van der Waals surface area (Å²) in [6, 6.07) is 28.5. The standard InChI is InChI=1S/C47H50BrN3O12S6/c1-5-6-7-8-9-10-35-49(64(52,53)42-29-17-39(48)18-30-42)65(54,55)43-31-19-40(20-32-43)51(68(60,61)46-27-15-38(4)16-28-46)69(62,63)47-33-21-41(22-34-47)50(66(56,57)44-23-11-36(2)12-24-44)67(58,59)45-25-13-37(3)14-26-45/h11-34H,5-10,35H2,1-4H3. The van der Waals surface area contributed by atoms with E-state index in [9.17, 15) is 50.5 Å². The van der Waals surface area contributed by atoms with Gasteiger partial charge in [-0.2, -0.15) is 7.42 Å². The van der Waals surface area contributed by atoms with Crippen LogP contribution in [0.2, 0.25) is 0 Å². The van der Waals surface area contributed by atoms with E-state index in [-0.39, 0.29) is 18.7 Å². The average Bonchev–Trinajstić information content (AvgIpc) is 3.29. The van der Waals surface area contributed by atoms with Crippen LogP contribution in [-0.4, -0.2) is 60.8 Å². The lowest BCUT2D eigenvalue weighted by atomic mass is 10.1. The molecule has 0 N–H and O–H groups in total. The largest absolute Gasteiger partial charge is 0.277 e. The summed E-state index contributed by atoms with van der Waals surface area (Å²) in [5.41, 5.74) is 0.923. The molecule has 6 rings (SSSR count). The Bertz CT molecular complexity index is 3400. The molecule has 0 spiro atoms. The van der Waals surface area contributed by atoms with Crippen molar-refractivity contribution in [3.05, 3.63) is 167 Å². The number of aryl methyl sites for hydroxylation is 3. The van der Waals surface area contributed by atoms with Gasteiger partial charge in [0, 0.05) is 11.0 Å². The molecule has 0 aliphatic carbocycles. The number of rotatable bonds is 21. The minimum absolute atomic E-state index is 0.0621. The highest BCUT2D eigenvalue weighted by Gasteiger charge is 2.41. The summed E-state index contributed by atoms with van der Waals surface area (Å²) in [6.07, 6.45) is 4.28. The molecule has 15 nitrogen and oxygen atoms in total. The molecule has 22 heteroatoms. The van der Waals surface area contributed by atoms with Gasteiger partial charge in [-0.1, -0.05) is 112 Å². The molecule has 0 aliphatic heterocycles. The molecule has 69 heavy (non-hydrogen) atoms. The van der Waals surface area contributed by atoms with Gasteiger partial charge in [0.15, 0.2) is 0 Å². The highest BCUT2D eigenvalue weighted by atomic mass is 79.9. The van der Waals surface area contributed by atoms with Crippen molar-refractivity contribution in [1.29, 1.82) is 0 Å². The Labute approximate surface area is 414 Å². The second kappa shape index (κ2) is 21.2. The number of hydrogen-bond donors (Lipinski definition) is 0. The van der Waals surface area contributed by atoms with Gasteiger partial charge >= 0.3 is 0 Å². The summed E-state index contributed by atoms with van der Waals surface area (Å²) in [6.45, 7) is 6.72. The van der Waals surface area contributed by atoms with E-state index in [1.54, 1.807) is 20.8 Å². The zero-order valence-corrected chi connectivity index (χ0v) is 44.4. The lowest BCUT2D eigenvalue weighted by Crippen LogP contribution is -2.38. The van der Waals surface area contributed by atoms with E-state index in [0.717, 1.165) is 74.2 Å². The molecule has 0 bridgehead atoms. The van der Waals surface area contributed by atoms with Crippen LogP contribution in [0.4, 0.5) is 11.4 Å². The quantitative estimate of drug-likeness (QED) is 0.0617. The number of benzene rings is 6. The minimum atomic E-state index is -5.28. The van der Waals surface area contributed by atoms with Crippen molar-refractivity contribution >= 4 is 87.4 Å².